The molecule has 126 valence electrons. The Morgan fingerprint density at radius 2 is 2.13 bits per heavy atom. The molecule has 8 nitrogen and oxygen atoms in total. The summed E-state index contributed by atoms with van der Waals surface area (Å²) >= 11 is 0. The van der Waals surface area contributed by atoms with E-state index in [9.17, 15) is 23.1 Å². The van der Waals surface area contributed by atoms with E-state index in [1.165, 1.54) is 25.3 Å². The van der Waals surface area contributed by atoms with Gasteiger partial charge in [-0.3, -0.25) is 4.79 Å². The van der Waals surface area contributed by atoms with Gasteiger partial charge >= 0.3 is 5.97 Å². The van der Waals surface area contributed by atoms with E-state index in [1.54, 1.807) is 0 Å². The van der Waals surface area contributed by atoms with Gasteiger partial charge in [0.25, 0.3) is 5.91 Å². The summed E-state index contributed by atoms with van der Waals surface area (Å²) in [6.45, 7) is -0.555. The Kier molecular flexibility index (Phi) is 5.09. The van der Waals surface area contributed by atoms with Gasteiger partial charge < -0.3 is 19.9 Å². The predicted octanol–water partition coefficient (Wildman–Crippen LogP) is -0.139. The van der Waals surface area contributed by atoms with Crippen LogP contribution < -0.4 is 10.1 Å². The van der Waals surface area contributed by atoms with E-state index < -0.39 is 34.4 Å². The molecule has 1 saturated heterocycles. The fourth-order valence-corrected chi connectivity index (χ4v) is 3.87. The van der Waals surface area contributed by atoms with E-state index in [4.69, 9.17) is 9.47 Å². The van der Waals surface area contributed by atoms with E-state index in [2.05, 4.69) is 5.32 Å². The first-order valence-corrected chi connectivity index (χ1v) is 8.67. The van der Waals surface area contributed by atoms with E-state index in [0.717, 1.165) is 0 Å². The number of hydrogen-bond acceptors (Lipinski definition) is 7. The minimum Gasteiger partial charge on any atom is -0.507 e. The number of hydrogen-bond donors (Lipinski definition) is 2. The van der Waals surface area contributed by atoms with Crippen LogP contribution in [0.4, 0.5) is 0 Å². The topological polar surface area (TPSA) is 119 Å². The molecule has 1 aliphatic rings. The van der Waals surface area contributed by atoms with Gasteiger partial charge in [-0.05, 0) is 18.6 Å². The van der Waals surface area contributed by atoms with E-state index in [1.807, 2.05) is 0 Å². The zero-order valence-corrected chi connectivity index (χ0v) is 13.3. The van der Waals surface area contributed by atoms with Gasteiger partial charge in [0.15, 0.2) is 16.4 Å². The van der Waals surface area contributed by atoms with Gasteiger partial charge in [0.2, 0.25) is 0 Å². The Labute approximate surface area is 133 Å². The second kappa shape index (κ2) is 6.86. The van der Waals surface area contributed by atoms with Gasteiger partial charge in [-0.15, -0.1) is 0 Å². The van der Waals surface area contributed by atoms with Crippen LogP contribution in [0.3, 0.4) is 0 Å². The highest BCUT2D eigenvalue weighted by Gasteiger charge is 2.29. The summed E-state index contributed by atoms with van der Waals surface area (Å²) in [5.41, 5.74) is -0.0953. The number of carbonyl (C=O) groups excluding carboxylic acids is 2. The van der Waals surface area contributed by atoms with Gasteiger partial charge in [-0.25, -0.2) is 13.2 Å². The maximum atomic E-state index is 11.8. The number of methoxy groups -OCH3 is 1. The lowest BCUT2D eigenvalue weighted by atomic mass is 10.2. The summed E-state index contributed by atoms with van der Waals surface area (Å²) in [6, 6.07) is 3.58. The Hall–Kier alpha value is -2.29. The molecule has 2 rings (SSSR count). The summed E-state index contributed by atoms with van der Waals surface area (Å²) in [5.74, 6) is -1.47. The Morgan fingerprint density at radius 3 is 2.70 bits per heavy atom. The zero-order chi connectivity index (χ0) is 17.0. The molecule has 23 heavy (non-hydrogen) atoms. The Bertz CT molecular complexity index is 714. The molecule has 1 heterocycles. The van der Waals surface area contributed by atoms with Crippen molar-refractivity contribution in [1.82, 2.24) is 5.32 Å². The minimum atomic E-state index is -3.09. The fourth-order valence-electron chi connectivity index (χ4n) is 2.20. The van der Waals surface area contributed by atoms with Crippen molar-refractivity contribution in [2.24, 2.45) is 0 Å². The first kappa shape index (κ1) is 17.1. The maximum absolute atomic E-state index is 11.8. The molecule has 0 aliphatic carbocycles. The molecule has 0 unspecified atom stereocenters. The van der Waals surface area contributed by atoms with Gasteiger partial charge in [-0.1, -0.05) is 0 Å². The third-order valence-electron chi connectivity index (χ3n) is 3.36. The average Bonchev–Trinajstić information content (AvgIpc) is 2.83. The standard InChI is InChI=1S/C14H17NO7S/c1-21-10-2-3-11(12(16)6-10)14(18)22-7-13(17)15-9-4-5-23(19,20)8-9/h2-3,6,9,16H,4-5,7-8H2,1H3,(H,15,17)/t9-/m1/s1. The molecule has 0 saturated carbocycles. The van der Waals surface area contributed by atoms with Crippen LogP contribution in [0.15, 0.2) is 18.2 Å². The Balaban J connectivity index is 1.85. The van der Waals surface area contributed by atoms with Crippen LogP contribution in [-0.4, -0.2) is 56.7 Å². The molecule has 2 N–H and O–H groups in total. The number of carbonyl (C=O) groups is 2. The van der Waals surface area contributed by atoms with Crippen LogP contribution in [0.2, 0.25) is 0 Å². The average molecular weight is 343 g/mol. The molecule has 0 aromatic heterocycles. The van der Waals surface area contributed by atoms with Crippen molar-refractivity contribution < 1.29 is 32.6 Å². The second-order valence-electron chi connectivity index (χ2n) is 5.13. The molecule has 1 amide bonds. The summed E-state index contributed by atoms with van der Waals surface area (Å²) < 4.78 is 32.3. The smallest absolute Gasteiger partial charge is 0.342 e. The highest BCUT2D eigenvalue weighted by Crippen LogP contribution is 2.23. The normalized spacial score (nSPS) is 19.1. The first-order chi connectivity index (χ1) is 10.8. The van der Waals surface area contributed by atoms with Gasteiger partial charge in [0, 0.05) is 12.1 Å². The third kappa shape index (κ3) is 4.59. The molecule has 9 heteroatoms. The number of sulfone groups is 1. The lowest BCUT2D eigenvalue weighted by Gasteiger charge is -2.11. The predicted molar refractivity (Wildman–Crippen MR) is 80.1 cm³/mol. The van der Waals surface area contributed by atoms with Crippen LogP contribution >= 0.6 is 0 Å². The summed E-state index contributed by atoms with van der Waals surface area (Å²) in [5, 5.41) is 12.2. The summed E-state index contributed by atoms with van der Waals surface area (Å²) in [6.07, 6.45) is 0.348. The molecule has 1 aliphatic heterocycles. The molecule has 1 aromatic rings. The van der Waals surface area contributed by atoms with Crippen molar-refractivity contribution in [2.45, 2.75) is 12.5 Å². The number of benzene rings is 1. The van der Waals surface area contributed by atoms with Crippen molar-refractivity contribution in [3.05, 3.63) is 23.8 Å². The summed E-state index contributed by atoms with van der Waals surface area (Å²) in [7, 11) is -1.68. The Morgan fingerprint density at radius 1 is 1.39 bits per heavy atom. The van der Waals surface area contributed by atoms with Crippen molar-refractivity contribution in [3.63, 3.8) is 0 Å². The molecule has 0 radical (unpaired) electrons. The monoisotopic (exact) mass is 343 g/mol. The van der Waals surface area contributed by atoms with Crippen molar-refractivity contribution in [2.75, 3.05) is 25.2 Å². The molecular weight excluding hydrogens is 326 g/mol. The third-order valence-corrected chi connectivity index (χ3v) is 5.12. The fraction of sp³-hybridized carbons (Fsp3) is 0.429. The number of phenols is 1. The van der Waals surface area contributed by atoms with Gasteiger partial charge in [-0.2, -0.15) is 0 Å². The number of aromatic hydroxyl groups is 1. The summed E-state index contributed by atoms with van der Waals surface area (Å²) in [4.78, 5) is 23.5. The highest BCUT2D eigenvalue weighted by atomic mass is 32.2. The van der Waals surface area contributed by atoms with Crippen molar-refractivity contribution >= 4 is 21.7 Å². The van der Waals surface area contributed by atoms with Crippen LogP contribution in [0.5, 0.6) is 11.5 Å². The van der Waals surface area contributed by atoms with E-state index in [0.29, 0.717) is 12.2 Å². The number of rotatable bonds is 5. The second-order valence-corrected chi connectivity index (χ2v) is 7.36. The number of esters is 1. The van der Waals surface area contributed by atoms with Crippen LogP contribution in [0.25, 0.3) is 0 Å². The molecule has 1 fully saturated rings. The van der Waals surface area contributed by atoms with Crippen molar-refractivity contribution in [3.8, 4) is 11.5 Å². The zero-order valence-electron chi connectivity index (χ0n) is 12.4. The quantitative estimate of drug-likeness (QED) is 0.714. The molecular formula is C14H17NO7S. The molecule has 1 atom stereocenters. The van der Waals surface area contributed by atoms with Crippen molar-refractivity contribution in [1.29, 1.82) is 0 Å². The molecule has 0 bridgehead atoms. The number of ether oxygens (including phenoxy) is 2. The van der Waals surface area contributed by atoms with E-state index in [-0.39, 0.29) is 22.8 Å². The maximum Gasteiger partial charge on any atom is 0.342 e. The van der Waals surface area contributed by atoms with Crippen LogP contribution in [-0.2, 0) is 19.4 Å². The highest BCUT2D eigenvalue weighted by molar-refractivity contribution is 7.91. The van der Waals surface area contributed by atoms with Gasteiger partial charge in [0.1, 0.15) is 17.1 Å². The number of amides is 1. The SMILES string of the molecule is COc1ccc(C(=O)OCC(=O)N[C@@H]2CCS(=O)(=O)C2)c(O)c1. The number of phenolic OH excluding ortho intramolecular Hbond substituents is 1. The lowest BCUT2D eigenvalue weighted by Crippen LogP contribution is -2.38. The van der Waals surface area contributed by atoms with Crippen LogP contribution in [0, 0.1) is 0 Å². The van der Waals surface area contributed by atoms with Crippen LogP contribution in [0.1, 0.15) is 16.8 Å². The minimum absolute atomic E-state index is 0.0391. The lowest BCUT2D eigenvalue weighted by molar-refractivity contribution is -0.124. The largest absolute Gasteiger partial charge is 0.507 e. The number of nitrogens with one attached hydrogen (secondary N) is 1. The first-order valence-electron chi connectivity index (χ1n) is 6.84. The van der Waals surface area contributed by atoms with E-state index >= 15 is 0 Å². The molecule has 0 spiro atoms. The van der Waals surface area contributed by atoms with Gasteiger partial charge in [0.05, 0.1) is 18.6 Å². The molecule has 1 aromatic carbocycles.